The van der Waals surface area contributed by atoms with Gasteiger partial charge in [-0.1, -0.05) is 25.5 Å². The number of rotatable bonds is 5. The smallest absolute Gasteiger partial charge is 0.137 e. The lowest BCUT2D eigenvalue weighted by atomic mass is 10.2. The standard InChI is InChI=1S/C11H16BrNO/c1-2-3-7-14-11-9(8-13)5-4-6-10(11)12/h4-6H,2-3,7-8,13H2,1H3. The average molecular weight is 258 g/mol. The predicted molar refractivity (Wildman–Crippen MR) is 62.4 cm³/mol. The van der Waals surface area contributed by atoms with E-state index in [1.165, 1.54) is 0 Å². The number of nitrogens with two attached hydrogens (primary N) is 1. The molecule has 78 valence electrons. The number of ether oxygens (including phenoxy) is 1. The molecule has 0 fully saturated rings. The lowest BCUT2D eigenvalue weighted by Crippen LogP contribution is -2.04. The van der Waals surface area contributed by atoms with E-state index < -0.39 is 0 Å². The predicted octanol–water partition coefficient (Wildman–Crippen LogP) is 3.09. The number of hydrogen-bond donors (Lipinski definition) is 1. The van der Waals surface area contributed by atoms with E-state index in [0.29, 0.717) is 6.54 Å². The van der Waals surface area contributed by atoms with Crippen molar-refractivity contribution in [1.29, 1.82) is 0 Å². The molecule has 2 N–H and O–H groups in total. The van der Waals surface area contributed by atoms with E-state index in [0.717, 1.165) is 35.2 Å². The Bertz CT molecular complexity index is 289. The SMILES string of the molecule is CCCCOc1c(Br)cccc1CN. The first-order chi connectivity index (χ1) is 6.79. The van der Waals surface area contributed by atoms with Crippen LogP contribution in [0.3, 0.4) is 0 Å². The summed E-state index contributed by atoms with van der Waals surface area (Å²) in [7, 11) is 0. The summed E-state index contributed by atoms with van der Waals surface area (Å²) in [6.45, 7) is 3.42. The Morgan fingerprint density at radius 1 is 1.43 bits per heavy atom. The van der Waals surface area contributed by atoms with Gasteiger partial charge < -0.3 is 10.5 Å². The second-order valence-corrected chi connectivity index (χ2v) is 3.99. The highest BCUT2D eigenvalue weighted by Gasteiger charge is 2.05. The van der Waals surface area contributed by atoms with Crippen LogP contribution in [0.4, 0.5) is 0 Å². The van der Waals surface area contributed by atoms with Crippen molar-refractivity contribution >= 4 is 15.9 Å². The van der Waals surface area contributed by atoms with E-state index in [-0.39, 0.29) is 0 Å². The monoisotopic (exact) mass is 257 g/mol. The van der Waals surface area contributed by atoms with Crippen molar-refractivity contribution in [2.24, 2.45) is 5.73 Å². The second-order valence-electron chi connectivity index (χ2n) is 3.13. The van der Waals surface area contributed by atoms with Gasteiger partial charge in [-0.2, -0.15) is 0 Å². The Labute approximate surface area is 93.6 Å². The Morgan fingerprint density at radius 2 is 2.21 bits per heavy atom. The van der Waals surface area contributed by atoms with Crippen LogP contribution in [-0.4, -0.2) is 6.61 Å². The summed E-state index contributed by atoms with van der Waals surface area (Å²) in [5, 5.41) is 0. The van der Waals surface area contributed by atoms with Gasteiger partial charge in [0.2, 0.25) is 0 Å². The normalized spacial score (nSPS) is 10.2. The lowest BCUT2D eigenvalue weighted by molar-refractivity contribution is 0.304. The fraction of sp³-hybridized carbons (Fsp3) is 0.455. The zero-order valence-electron chi connectivity index (χ0n) is 8.42. The maximum absolute atomic E-state index is 5.67. The molecule has 0 saturated carbocycles. The van der Waals surface area contributed by atoms with Gasteiger partial charge in [-0.25, -0.2) is 0 Å². The van der Waals surface area contributed by atoms with Crippen molar-refractivity contribution in [3.05, 3.63) is 28.2 Å². The van der Waals surface area contributed by atoms with Crippen LogP contribution in [0.15, 0.2) is 22.7 Å². The van der Waals surface area contributed by atoms with E-state index in [9.17, 15) is 0 Å². The number of halogens is 1. The molecule has 0 aliphatic carbocycles. The number of hydrogen-bond acceptors (Lipinski definition) is 2. The number of unbranched alkanes of at least 4 members (excludes halogenated alkanes) is 1. The minimum Gasteiger partial charge on any atom is -0.492 e. The molecule has 0 aliphatic rings. The minimum absolute atomic E-state index is 0.515. The van der Waals surface area contributed by atoms with E-state index in [2.05, 4.69) is 22.9 Å². The molecule has 0 aromatic heterocycles. The Balaban J connectivity index is 2.72. The van der Waals surface area contributed by atoms with Crippen LogP contribution in [0.25, 0.3) is 0 Å². The molecule has 0 atom stereocenters. The molecule has 0 heterocycles. The lowest BCUT2D eigenvalue weighted by Gasteiger charge is -2.11. The first-order valence-electron chi connectivity index (χ1n) is 4.89. The maximum Gasteiger partial charge on any atom is 0.137 e. The Morgan fingerprint density at radius 3 is 2.86 bits per heavy atom. The molecule has 1 aromatic carbocycles. The molecule has 1 aromatic rings. The van der Waals surface area contributed by atoms with Crippen molar-refractivity contribution in [1.82, 2.24) is 0 Å². The molecule has 0 aliphatic heterocycles. The molecular formula is C11H16BrNO. The van der Waals surface area contributed by atoms with Gasteiger partial charge in [-0.15, -0.1) is 0 Å². The third-order valence-electron chi connectivity index (χ3n) is 2.01. The van der Waals surface area contributed by atoms with E-state index >= 15 is 0 Å². The van der Waals surface area contributed by atoms with E-state index in [1.54, 1.807) is 0 Å². The molecular weight excluding hydrogens is 242 g/mol. The highest BCUT2D eigenvalue weighted by atomic mass is 79.9. The molecule has 3 heteroatoms. The summed E-state index contributed by atoms with van der Waals surface area (Å²) in [6, 6.07) is 5.94. The van der Waals surface area contributed by atoms with Crippen LogP contribution in [0.1, 0.15) is 25.3 Å². The molecule has 0 radical (unpaired) electrons. The fourth-order valence-electron chi connectivity index (χ4n) is 1.19. The largest absolute Gasteiger partial charge is 0.492 e. The zero-order valence-corrected chi connectivity index (χ0v) is 10.0. The molecule has 2 nitrogen and oxygen atoms in total. The minimum atomic E-state index is 0.515. The number of benzene rings is 1. The summed E-state index contributed by atoms with van der Waals surface area (Å²) < 4.78 is 6.66. The van der Waals surface area contributed by atoms with Gasteiger partial charge >= 0.3 is 0 Å². The summed E-state index contributed by atoms with van der Waals surface area (Å²) in [5.74, 6) is 0.892. The third kappa shape index (κ3) is 3.00. The zero-order chi connectivity index (χ0) is 10.4. The van der Waals surface area contributed by atoms with Gasteiger partial charge in [-0.05, 0) is 28.4 Å². The summed E-state index contributed by atoms with van der Waals surface area (Å²) in [5.41, 5.74) is 6.67. The van der Waals surface area contributed by atoms with Gasteiger partial charge in [0.05, 0.1) is 11.1 Å². The highest BCUT2D eigenvalue weighted by molar-refractivity contribution is 9.10. The van der Waals surface area contributed by atoms with Crippen molar-refractivity contribution < 1.29 is 4.74 Å². The third-order valence-corrected chi connectivity index (χ3v) is 2.64. The van der Waals surface area contributed by atoms with E-state index in [1.807, 2.05) is 18.2 Å². The van der Waals surface area contributed by atoms with Gasteiger partial charge in [-0.3, -0.25) is 0 Å². The Hall–Kier alpha value is -0.540. The van der Waals surface area contributed by atoms with Gasteiger partial charge in [0.25, 0.3) is 0 Å². The van der Waals surface area contributed by atoms with Crippen molar-refractivity contribution in [2.75, 3.05) is 6.61 Å². The van der Waals surface area contributed by atoms with Gasteiger partial charge in [0.15, 0.2) is 0 Å². The average Bonchev–Trinajstić information content (AvgIpc) is 2.20. The van der Waals surface area contributed by atoms with Gasteiger partial charge in [0, 0.05) is 12.1 Å². The fourth-order valence-corrected chi connectivity index (χ4v) is 1.72. The number of para-hydroxylation sites is 1. The maximum atomic E-state index is 5.67. The summed E-state index contributed by atoms with van der Waals surface area (Å²) >= 11 is 3.46. The van der Waals surface area contributed by atoms with Crippen LogP contribution in [-0.2, 0) is 6.54 Å². The first-order valence-corrected chi connectivity index (χ1v) is 5.69. The van der Waals surface area contributed by atoms with Crippen LogP contribution < -0.4 is 10.5 Å². The first kappa shape index (κ1) is 11.5. The van der Waals surface area contributed by atoms with Crippen LogP contribution in [0, 0.1) is 0 Å². The van der Waals surface area contributed by atoms with E-state index in [4.69, 9.17) is 10.5 Å². The van der Waals surface area contributed by atoms with Crippen LogP contribution >= 0.6 is 15.9 Å². The van der Waals surface area contributed by atoms with Crippen LogP contribution in [0.5, 0.6) is 5.75 Å². The van der Waals surface area contributed by atoms with Crippen molar-refractivity contribution in [3.63, 3.8) is 0 Å². The molecule has 0 amide bonds. The van der Waals surface area contributed by atoms with Crippen molar-refractivity contribution in [3.8, 4) is 5.75 Å². The molecule has 0 saturated heterocycles. The second kappa shape index (κ2) is 6.04. The Kier molecular flexibility index (Phi) is 4.98. The highest BCUT2D eigenvalue weighted by Crippen LogP contribution is 2.28. The molecule has 1 rings (SSSR count). The van der Waals surface area contributed by atoms with Crippen molar-refractivity contribution in [2.45, 2.75) is 26.3 Å². The quantitative estimate of drug-likeness (QED) is 0.824. The molecule has 14 heavy (non-hydrogen) atoms. The van der Waals surface area contributed by atoms with Gasteiger partial charge in [0.1, 0.15) is 5.75 Å². The van der Waals surface area contributed by atoms with Crippen LogP contribution in [0.2, 0.25) is 0 Å². The molecule has 0 unspecified atom stereocenters. The molecule has 0 bridgehead atoms. The molecule has 0 spiro atoms. The topological polar surface area (TPSA) is 35.2 Å². The summed E-state index contributed by atoms with van der Waals surface area (Å²) in [6.07, 6.45) is 2.22. The summed E-state index contributed by atoms with van der Waals surface area (Å²) in [4.78, 5) is 0.